The van der Waals surface area contributed by atoms with Gasteiger partial charge in [-0.15, -0.1) is 0 Å². The number of fused-ring (bicyclic) bond motifs is 7. The summed E-state index contributed by atoms with van der Waals surface area (Å²) < 4.78 is 0. The first kappa shape index (κ1) is 34.2. The summed E-state index contributed by atoms with van der Waals surface area (Å²) in [5.41, 5.74) is 17.8. The average Bonchev–Trinajstić information content (AvgIpc) is 3.63. The number of anilines is 2. The van der Waals surface area contributed by atoms with E-state index >= 15 is 0 Å². The van der Waals surface area contributed by atoms with Gasteiger partial charge in [0.15, 0.2) is 0 Å². The van der Waals surface area contributed by atoms with Crippen molar-refractivity contribution < 1.29 is 0 Å². The first-order chi connectivity index (χ1) is 25.8. The van der Waals surface area contributed by atoms with Gasteiger partial charge >= 0.3 is 0 Å². The van der Waals surface area contributed by atoms with Gasteiger partial charge in [0.2, 0.25) is 0 Å². The van der Waals surface area contributed by atoms with Gasteiger partial charge < -0.3 is 4.90 Å². The molecule has 0 spiro atoms. The van der Waals surface area contributed by atoms with Crippen molar-refractivity contribution in [2.45, 2.75) is 52.4 Å². The molecule has 1 heteroatoms. The van der Waals surface area contributed by atoms with E-state index < -0.39 is 0 Å². The SMILES string of the molecule is Cc1ccc(C2=CCC3C(=C2)N(c2cccc4ccccc24)c2ccccc23)cc1.Cc1ccc2c(c1)-c1ccccc1C2(C)C.Cc1ccccc1. The molecular formula is C52H47N. The van der Waals surface area contributed by atoms with Crippen molar-refractivity contribution in [1.29, 1.82) is 0 Å². The lowest BCUT2D eigenvalue weighted by atomic mass is 9.82. The fourth-order valence-corrected chi connectivity index (χ4v) is 8.30. The first-order valence-electron chi connectivity index (χ1n) is 18.9. The predicted molar refractivity (Wildman–Crippen MR) is 227 cm³/mol. The fraction of sp³-hybridized carbons (Fsp3) is 0.154. The Labute approximate surface area is 315 Å². The second-order valence-corrected chi connectivity index (χ2v) is 15.1. The van der Waals surface area contributed by atoms with E-state index in [1.54, 1.807) is 0 Å². The van der Waals surface area contributed by atoms with Crippen molar-refractivity contribution in [2.75, 3.05) is 4.90 Å². The van der Waals surface area contributed by atoms with Crippen molar-refractivity contribution in [3.05, 3.63) is 221 Å². The number of aryl methyl sites for hydroxylation is 3. The Hall–Kier alpha value is -5.92. The molecule has 0 aromatic heterocycles. The van der Waals surface area contributed by atoms with Crippen LogP contribution in [0.5, 0.6) is 0 Å². The third-order valence-corrected chi connectivity index (χ3v) is 11.1. The molecule has 2 aliphatic carbocycles. The third kappa shape index (κ3) is 6.53. The predicted octanol–water partition coefficient (Wildman–Crippen LogP) is 14.1. The number of hydrogen-bond acceptors (Lipinski definition) is 1. The van der Waals surface area contributed by atoms with Gasteiger partial charge in [0.1, 0.15) is 0 Å². The molecule has 0 fully saturated rings. The minimum absolute atomic E-state index is 0.152. The van der Waals surface area contributed by atoms with E-state index in [1.165, 1.54) is 83.5 Å². The van der Waals surface area contributed by atoms with E-state index in [2.05, 4.69) is 197 Å². The fourth-order valence-electron chi connectivity index (χ4n) is 8.30. The van der Waals surface area contributed by atoms with Gasteiger partial charge in [0.05, 0.1) is 5.69 Å². The van der Waals surface area contributed by atoms with Crippen LogP contribution < -0.4 is 4.90 Å². The summed E-state index contributed by atoms with van der Waals surface area (Å²) in [5, 5.41) is 2.57. The molecule has 1 nitrogen and oxygen atoms in total. The molecule has 53 heavy (non-hydrogen) atoms. The van der Waals surface area contributed by atoms with Gasteiger partial charge in [0, 0.05) is 28.1 Å². The van der Waals surface area contributed by atoms with Crippen LogP contribution in [0.3, 0.4) is 0 Å². The highest BCUT2D eigenvalue weighted by atomic mass is 15.2. The van der Waals surface area contributed by atoms with E-state index in [9.17, 15) is 0 Å². The number of rotatable bonds is 2. The highest BCUT2D eigenvalue weighted by Gasteiger charge is 2.37. The van der Waals surface area contributed by atoms with Gasteiger partial charge in [-0.3, -0.25) is 0 Å². The number of allylic oxidation sites excluding steroid dienone is 4. The molecule has 0 N–H and O–H groups in total. The van der Waals surface area contributed by atoms with Crippen molar-refractivity contribution >= 4 is 27.7 Å². The van der Waals surface area contributed by atoms with Crippen molar-refractivity contribution in [1.82, 2.24) is 0 Å². The average molecular weight is 686 g/mol. The lowest BCUT2D eigenvalue weighted by molar-refractivity contribution is 0.660. The van der Waals surface area contributed by atoms with Gasteiger partial charge in [-0.25, -0.2) is 0 Å². The van der Waals surface area contributed by atoms with Crippen LogP contribution in [0.15, 0.2) is 182 Å². The molecule has 0 amide bonds. The molecule has 7 aromatic carbocycles. The van der Waals surface area contributed by atoms with E-state index in [4.69, 9.17) is 0 Å². The van der Waals surface area contributed by atoms with E-state index in [0.29, 0.717) is 5.92 Å². The van der Waals surface area contributed by atoms with E-state index in [-0.39, 0.29) is 5.41 Å². The lowest BCUT2D eigenvalue weighted by Gasteiger charge is -2.27. The van der Waals surface area contributed by atoms with Crippen LogP contribution in [0.4, 0.5) is 11.4 Å². The zero-order chi connectivity index (χ0) is 36.5. The Bertz CT molecular complexity index is 2470. The standard InChI is InChI=1S/C29H23N.C16H16.C7H8/c1-20-13-15-21(16-14-20)23-17-18-26-25-10-4-5-11-28(25)30(29(26)19-23)27-12-6-8-22-7-2-3-9-24(22)27;1-11-8-9-15-13(10-11)12-6-4-5-7-14(12)16(15,2)3;1-7-5-3-2-4-6-7/h2-17,19,26H,18H2,1H3;4-10H,1-3H3;2-6H,1H3. The quantitative estimate of drug-likeness (QED) is 0.175. The maximum Gasteiger partial charge on any atom is 0.0537 e. The summed E-state index contributed by atoms with van der Waals surface area (Å²) in [4.78, 5) is 2.49. The lowest BCUT2D eigenvalue weighted by Crippen LogP contribution is -2.15. The molecule has 0 radical (unpaired) electrons. The molecule has 0 bridgehead atoms. The number of para-hydroxylation sites is 1. The zero-order valence-electron chi connectivity index (χ0n) is 31.5. The summed E-state index contributed by atoms with van der Waals surface area (Å²) in [6.07, 6.45) is 5.84. The van der Waals surface area contributed by atoms with Crippen molar-refractivity contribution in [3.63, 3.8) is 0 Å². The summed E-state index contributed by atoms with van der Waals surface area (Å²) in [5.74, 6) is 0.411. The summed E-state index contributed by atoms with van der Waals surface area (Å²) in [7, 11) is 0. The van der Waals surface area contributed by atoms with Gasteiger partial charge in [-0.2, -0.15) is 0 Å². The van der Waals surface area contributed by atoms with E-state index in [0.717, 1.165) is 6.42 Å². The summed E-state index contributed by atoms with van der Waals surface area (Å²) >= 11 is 0. The van der Waals surface area contributed by atoms with Crippen LogP contribution >= 0.6 is 0 Å². The molecule has 1 atom stereocenters. The first-order valence-corrected chi connectivity index (χ1v) is 18.9. The Kier molecular flexibility index (Phi) is 9.19. The molecule has 10 rings (SSSR count). The van der Waals surface area contributed by atoms with Gasteiger partial charge in [-0.1, -0.05) is 188 Å². The molecular weight excluding hydrogens is 639 g/mol. The maximum atomic E-state index is 2.49. The molecule has 7 aromatic rings. The van der Waals surface area contributed by atoms with Crippen LogP contribution in [0.1, 0.15) is 65.1 Å². The molecule has 1 aliphatic heterocycles. The highest BCUT2D eigenvalue weighted by Crippen LogP contribution is 2.53. The van der Waals surface area contributed by atoms with Crippen LogP contribution in [0, 0.1) is 20.8 Å². The molecule has 1 unspecified atom stereocenters. The topological polar surface area (TPSA) is 3.24 Å². The number of nitrogens with zero attached hydrogens (tertiary/aromatic N) is 1. The highest BCUT2D eigenvalue weighted by molar-refractivity contribution is 5.99. The van der Waals surface area contributed by atoms with E-state index in [1.807, 2.05) is 18.2 Å². The zero-order valence-corrected chi connectivity index (χ0v) is 31.5. The smallest absolute Gasteiger partial charge is 0.0537 e. The normalized spacial score (nSPS) is 15.7. The number of benzene rings is 7. The Morgan fingerprint density at radius 2 is 1.15 bits per heavy atom. The maximum absolute atomic E-state index is 2.49. The summed E-state index contributed by atoms with van der Waals surface area (Å²) in [6.45, 7) is 11.0. The Morgan fingerprint density at radius 1 is 0.528 bits per heavy atom. The van der Waals surface area contributed by atoms with Crippen molar-refractivity contribution in [3.8, 4) is 11.1 Å². The monoisotopic (exact) mass is 685 g/mol. The van der Waals surface area contributed by atoms with Gasteiger partial charge in [0.25, 0.3) is 0 Å². The van der Waals surface area contributed by atoms with Crippen molar-refractivity contribution in [2.24, 2.45) is 0 Å². The minimum Gasteiger partial charge on any atom is -0.313 e. The Balaban J connectivity index is 0.000000144. The van der Waals surface area contributed by atoms with Crippen LogP contribution in [0.2, 0.25) is 0 Å². The molecule has 1 heterocycles. The number of hydrogen-bond donors (Lipinski definition) is 0. The largest absolute Gasteiger partial charge is 0.313 e. The van der Waals surface area contributed by atoms with Crippen LogP contribution in [-0.2, 0) is 5.41 Å². The second kappa shape index (κ2) is 14.2. The molecule has 0 saturated carbocycles. The third-order valence-electron chi connectivity index (χ3n) is 11.1. The molecule has 3 aliphatic rings. The second-order valence-electron chi connectivity index (χ2n) is 15.1. The summed E-state index contributed by atoms with van der Waals surface area (Å²) in [6, 6.07) is 58.9. The molecule has 260 valence electrons. The van der Waals surface area contributed by atoms with Gasteiger partial charge in [-0.05, 0) is 89.7 Å². The molecule has 0 saturated heterocycles. The minimum atomic E-state index is 0.152. The Morgan fingerprint density at radius 3 is 1.94 bits per heavy atom. The van der Waals surface area contributed by atoms with Crippen LogP contribution in [-0.4, -0.2) is 0 Å². The van der Waals surface area contributed by atoms with Crippen LogP contribution in [0.25, 0.3) is 27.5 Å².